The molecule has 1 aliphatic rings. The fourth-order valence-electron chi connectivity index (χ4n) is 2.98. The van der Waals surface area contributed by atoms with Gasteiger partial charge in [0.2, 0.25) is 5.95 Å². The molecular formula is C12H20N6O10P2. The molecule has 1 fully saturated rings. The summed E-state index contributed by atoms with van der Waals surface area (Å²) in [5, 5.41) is 24.0. The molecule has 1 aliphatic heterocycles. The number of hydrogen-bond acceptors (Lipinski definition) is 12. The molecule has 2 aromatic heterocycles. The Balaban J connectivity index is 1.86. The zero-order valence-corrected chi connectivity index (χ0v) is 17.3. The lowest BCUT2D eigenvalue weighted by Gasteiger charge is -2.27. The molecule has 1 unspecified atom stereocenters. The van der Waals surface area contributed by atoms with Crippen LogP contribution in [0.25, 0.3) is 11.2 Å². The third-order valence-corrected chi connectivity index (χ3v) is 6.45. The summed E-state index contributed by atoms with van der Waals surface area (Å²) in [7, 11) is -8.90. The van der Waals surface area contributed by atoms with Crippen LogP contribution in [0.4, 0.5) is 11.8 Å². The standard InChI is InChI=1S/C12H20N6O10P2/c1-12(20)7(19)5(3-26-30(24,25)28-29(21,22)23)27-10(12)18-4-15-6-8(14-2)16-11(13)17-9(6)18/h4-5,7,10,19-20H,3H2,1-2H3,(H,24,25)(H2,21,22,23)(H3,13,14,16,17)/t5-,7-,10-,12-/m1/s1. The number of hydrogen-bond donors (Lipinski definition) is 7. The van der Waals surface area contributed by atoms with Crippen LogP contribution in [0, 0.1) is 0 Å². The van der Waals surface area contributed by atoms with Gasteiger partial charge >= 0.3 is 15.6 Å². The molecule has 8 N–H and O–H groups in total. The minimum Gasteiger partial charge on any atom is -0.387 e. The van der Waals surface area contributed by atoms with Crippen molar-refractivity contribution in [1.29, 1.82) is 0 Å². The zero-order valence-electron chi connectivity index (χ0n) is 15.6. The summed E-state index contributed by atoms with van der Waals surface area (Å²) >= 11 is 0. The van der Waals surface area contributed by atoms with Gasteiger partial charge in [0.25, 0.3) is 0 Å². The van der Waals surface area contributed by atoms with E-state index in [0.29, 0.717) is 11.3 Å². The Morgan fingerprint density at radius 3 is 2.63 bits per heavy atom. The number of phosphoric acid groups is 2. The molecule has 0 bridgehead atoms. The molecule has 1 saturated heterocycles. The number of nitrogens with two attached hydrogens (primary N) is 1. The van der Waals surface area contributed by atoms with Gasteiger partial charge in [-0.1, -0.05) is 0 Å². The van der Waals surface area contributed by atoms with Crippen LogP contribution < -0.4 is 11.1 Å². The van der Waals surface area contributed by atoms with Crippen molar-refractivity contribution in [2.24, 2.45) is 0 Å². The lowest BCUT2D eigenvalue weighted by molar-refractivity contribution is -0.0949. The molecule has 5 atom stereocenters. The highest BCUT2D eigenvalue weighted by atomic mass is 31.3. The highest BCUT2D eigenvalue weighted by Crippen LogP contribution is 2.58. The zero-order chi connectivity index (χ0) is 22.5. The highest BCUT2D eigenvalue weighted by Gasteiger charge is 2.54. The van der Waals surface area contributed by atoms with Gasteiger partial charge in [-0.25, -0.2) is 14.1 Å². The quantitative estimate of drug-likeness (QED) is 0.232. The topological polar surface area (TPSA) is 245 Å². The Labute approximate surface area is 168 Å². The smallest absolute Gasteiger partial charge is 0.387 e. The first kappa shape index (κ1) is 23.0. The average molecular weight is 470 g/mol. The third kappa shape index (κ3) is 4.48. The molecule has 3 heterocycles. The van der Waals surface area contributed by atoms with Crippen molar-refractivity contribution in [3.05, 3.63) is 6.33 Å². The second kappa shape index (κ2) is 7.76. The van der Waals surface area contributed by atoms with Crippen LogP contribution in [0.2, 0.25) is 0 Å². The van der Waals surface area contributed by atoms with Gasteiger partial charge in [-0.05, 0) is 6.92 Å². The number of nitrogens with one attached hydrogen (secondary N) is 1. The number of imidazole rings is 1. The van der Waals surface area contributed by atoms with Crippen molar-refractivity contribution in [2.45, 2.75) is 31.0 Å². The van der Waals surface area contributed by atoms with Crippen LogP contribution in [-0.2, 0) is 22.7 Å². The van der Waals surface area contributed by atoms with E-state index in [9.17, 15) is 24.2 Å². The number of rotatable bonds is 7. The lowest BCUT2D eigenvalue weighted by atomic mass is 9.96. The van der Waals surface area contributed by atoms with Crippen LogP contribution in [0.15, 0.2) is 6.33 Å². The third-order valence-electron chi connectivity index (χ3n) is 4.29. The van der Waals surface area contributed by atoms with E-state index in [4.69, 9.17) is 20.3 Å². The molecule has 0 spiro atoms. The minimum atomic E-state index is -5.32. The van der Waals surface area contributed by atoms with Crippen LogP contribution in [0.1, 0.15) is 13.2 Å². The van der Waals surface area contributed by atoms with E-state index >= 15 is 0 Å². The van der Waals surface area contributed by atoms with Gasteiger partial charge in [0, 0.05) is 7.05 Å². The van der Waals surface area contributed by atoms with Gasteiger partial charge in [-0.2, -0.15) is 14.3 Å². The van der Waals surface area contributed by atoms with Gasteiger partial charge in [-0.3, -0.25) is 9.09 Å². The molecule has 0 aromatic carbocycles. The maximum absolute atomic E-state index is 11.6. The van der Waals surface area contributed by atoms with E-state index in [1.807, 2.05) is 0 Å². The summed E-state index contributed by atoms with van der Waals surface area (Å²) in [4.78, 5) is 38.8. The van der Waals surface area contributed by atoms with Crippen LogP contribution in [-0.4, -0.2) is 75.9 Å². The number of fused-ring (bicyclic) bond motifs is 1. The molecular weight excluding hydrogens is 450 g/mol. The first-order valence-electron chi connectivity index (χ1n) is 8.23. The van der Waals surface area contributed by atoms with Gasteiger partial charge in [0.05, 0.1) is 12.9 Å². The van der Waals surface area contributed by atoms with Crippen molar-refractivity contribution >= 4 is 38.6 Å². The molecule has 30 heavy (non-hydrogen) atoms. The first-order valence-corrected chi connectivity index (χ1v) is 11.3. The molecule has 18 heteroatoms. The summed E-state index contributed by atoms with van der Waals surface area (Å²) < 4.78 is 37.3. The van der Waals surface area contributed by atoms with E-state index in [0.717, 1.165) is 0 Å². The summed E-state index contributed by atoms with van der Waals surface area (Å²) in [5.41, 5.74) is 4.20. The van der Waals surface area contributed by atoms with Gasteiger partial charge in [0.1, 0.15) is 17.8 Å². The van der Waals surface area contributed by atoms with Crippen molar-refractivity contribution in [3.8, 4) is 0 Å². The largest absolute Gasteiger partial charge is 0.481 e. The lowest BCUT2D eigenvalue weighted by Crippen LogP contribution is -2.44. The van der Waals surface area contributed by atoms with E-state index < -0.39 is 46.3 Å². The predicted octanol–water partition coefficient (Wildman–Crippen LogP) is -1.31. The molecule has 0 amide bonds. The molecule has 16 nitrogen and oxygen atoms in total. The molecule has 0 radical (unpaired) electrons. The van der Waals surface area contributed by atoms with E-state index in [1.54, 1.807) is 7.05 Å². The first-order chi connectivity index (χ1) is 13.7. The Morgan fingerprint density at radius 2 is 2.03 bits per heavy atom. The minimum absolute atomic E-state index is 0.0949. The second-order valence-electron chi connectivity index (χ2n) is 6.54. The van der Waals surface area contributed by atoms with Crippen molar-refractivity contribution < 1.29 is 47.6 Å². The monoisotopic (exact) mass is 470 g/mol. The molecule has 168 valence electrons. The number of aromatic nitrogens is 4. The van der Waals surface area contributed by atoms with Crippen molar-refractivity contribution in [3.63, 3.8) is 0 Å². The Morgan fingerprint density at radius 1 is 1.37 bits per heavy atom. The Kier molecular flexibility index (Phi) is 5.94. The number of nitrogens with zero attached hydrogens (tertiary/aromatic N) is 4. The van der Waals surface area contributed by atoms with Crippen LogP contribution >= 0.6 is 15.6 Å². The van der Waals surface area contributed by atoms with Gasteiger partial charge < -0.3 is 40.7 Å². The average Bonchev–Trinajstić information content (AvgIpc) is 3.10. The SMILES string of the molecule is CNc1nc(N)nc2c1ncn2[C@@H]1O[C@H](COP(=O)(O)OP(=O)(O)O)[C@@H](O)[C@@]1(C)O. The summed E-state index contributed by atoms with van der Waals surface area (Å²) in [6, 6.07) is 0. The van der Waals surface area contributed by atoms with Crippen LogP contribution in [0.5, 0.6) is 0 Å². The molecule has 2 aromatic rings. The Bertz CT molecular complexity index is 1040. The van der Waals surface area contributed by atoms with Gasteiger partial charge in [0.15, 0.2) is 23.2 Å². The normalized spacial score (nSPS) is 29.2. The molecule has 0 saturated carbocycles. The van der Waals surface area contributed by atoms with E-state index in [2.05, 4.69) is 29.1 Å². The fourth-order valence-corrected chi connectivity index (χ4v) is 4.58. The van der Waals surface area contributed by atoms with Crippen LogP contribution in [0.3, 0.4) is 0 Å². The van der Waals surface area contributed by atoms with Gasteiger partial charge in [-0.15, -0.1) is 0 Å². The van der Waals surface area contributed by atoms with Crippen molar-refractivity contribution in [1.82, 2.24) is 19.5 Å². The second-order valence-corrected chi connectivity index (χ2v) is 9.37. The molecule has 0 aliphatic carbocycles. The molecule has 3 rings (SSSR count). The maximum Gasteiger partial charge on any atom is 0.481 e. The fraction of sp³-hybridized carbons (Fsp3) is 0.583. The van der Waals surface area contributed by atoms with Crippen molar-refractivity contribution in [2.75, 3.05) is 24.7 Å². The number of ether oxygens (including phenoxy) is 1. The number of aliphatic hydroxyl groups is 2. The summed E-state index contributed by atoms with van der Waals surface area (Å²) in [5.74, 6) is 0.215. The van der Waals surface area contributed by atoms with E-state index in [1.165, 1.54) is 17.8 Å². The number of nitrogen functional groups attached to an aromatic ring is 1. The number of aliphatic hydroxyl groups excluding tert-OH is 1. The Hall–Kier alpha value is -1.71. The maximum atomic E-state index is 11.6. The number of anilines is 2. The predicted molar refractivity (Wildman–Crippen MR) is 98.7 cm³/mol. The summed E-state index contributed by atoms with van der Waals surface area (Å²) in [6.07, 6.45) is -3.04. The van der Waals surface area contributed by atoms with E-state index in [-0.39, 0.29) is 11.6 Å². The highest BCUT2D eigenvalue weighted by molar-refractivity contribution is 7.60. The summed E-state index contributed by atoms with van der Waals surface area (Å²) in [6.45, 7) is 0.398. The number of phosphoric ester groups is 1.